The quantitative estimate of drug-likeness (QED) is 0.611. The van der Waals surface area contributed by atoms with Gasteiger partial charge in [0.1, 0.15) is 0 Å². The van der Waals surface area contributed by atoms with E-state index in [1.165, 1.54) is 23.1 Å². The summed E-state index contributed by atoms with van der Waals surface area (Å²) >= 11 is 0. The van der Waals surface area contributed by atoms with Crippen molar-refractivity contribution in [1.82, 2.24) is 4.89 Å². The maximum atomic E-state index is 11.8. The predicted octanol–water partition coefficient (Wildman–Crippen LogP) is 1.56. The third kappa shape index (κ3) is 6.38. The number of benzene rings is 1. The average molecular weight is 325 g/mol. The van der Waals surface area contributed by atoms with Gasteiger partial charge in [-0.15, -0.1) is 0 Å². The number of aliphatic carboxylic acids is 1. The highest BCUT2D eigenvalue weighted by Gasteiger charge is 2.29. The number of sulfonamides is 1. The summed E-state index contributed by atoms with van der Waals surface area (Å²) in [5.74, 6) is -1.17. The number of carboxylic acid groups (broad SMARTS) is 1. The van der Waals surface area contributed by atoms with Crippen LogP contribution in [-0.2, 0) is 19.7 Å². The Morgan fingerprint density at radius 2 is 1.86 bits per heavy atom. The van der Waals surface area contributed by atoms with Gasteiger partial charge in [0.25, 0.3) is 10.0 Å². The molecule has 0 aliphatic rings. The van der Waals surface area contributed by atoms with Crippen LogP contribution in [0.15, 0.2) is 35.2 Å². The van der Waals surface area contributed by atoms with Crippen LogP contribution < -0.4 is 4.89 Å². The zero-order valence-corrected chi connectivity index (χ0v) is 11.1. The first-order valence-corrected chi connectivity index (χ1v) is 6.80. The van der Waals surface area contributed by atoms with Crippen LogP contribution in [0.25, 0.3) is 6.08 Å². The molecule has 0 aliphatic heterocycles. The molecule has 21 heavy (non-hydrogen) atoms. The summed E-state index contributed by atoms with van der Waals surface area (Å²) in [5.41, 5.74) is 0.410. The molecule has 116 valence electrons. The number of nitrogens with one attached hydrogen (secondary N) is 1. The molecule has 6 nitrogen and oxygen atoms in total. The van der Waals surface area contributed by atoms with Crippen LogP contribution in [0.3, 0.4) is 0 Å². The van der Waals surface area contributed by atoms with Crippen LogP contribution in [0.5, 0.6) is 0 Å². The monoisotopic (exact) mass is 325 g/mol. The predicted molar refractivity (Wildman–Crippen MR) is 65.4 cm³/mol. The molecule has 0 bridgehead atoms. The molecule has 0 unspecified atom stereocenters. The molecule has 0 saturated heterocycles. The van der Waals surface area contributed by atoms with Crippen molar-refractivity contribution in [3.05, 3.63) is 35.9 Å². The lowest BCUT2D eigenvalue weighted by molar-refractivity contribution is -0.181. The number of carbonyl (C=O) groups is 1. The Morgan fingerprint density at radius 3 is 2.33 bits per heavy atom. The fourth-order valence-electron chi connectivity index (χ4n) is 1.16. The van der Waals surface area contributed by atoms with Gasteiger partial charge in [-0.1, -0.05) is 17.0 Å². The molecule has 10 heteroatoms. The van der Waals surface area contributed by atoms with Crippen molar-refractivity contribution in [2.45, 2.75) is 11.1 Å². The van der Waals surface area contributed by atoms with Crippen molar-refractivity contribution < 1.29 is 36.3 Å². The maximum Gasteiger partial charge on any atom is 0.413 e. The van der Waals surface area contributed by atoms with E-state index >= 15 is 0 Å². The van der Waals surface area contributed by atoms with E-state index in [0.29, 0.717) is 5.56 Å². The van der Waals surface area contributed by atoms with E-state index in [4.69, 9.17) is 5.11 Å². The second kappa shape index (κ2) is 6.70. The number of hydrogen-bond donors (Lipinski definition) is 2. The van der Waals surface area contributed by atoms with E-state index in [1.54, 1.807) is 0 Å². The average Bonchev–Trinajstić information content (AvgIpc) is 2.35. The Balaban J connectivity index is 2.74. The van der Waals surface area contributed by atoms with Crippen LogP contribution >= 0.6 is 0 Å². The zero-order valence-electron chi connectivity index (χ0n) is 10.3. The Morgan fingerprint density at radius 1 is 1.29 bits per heavy atom. The van der Waals surface area contributed by atoms with E-state index < -0.39 is 28.8 Å². The number of alkyl halides is 3. The molecule has 0 heterocycles. The minimum atomic E-state index is -4.66. The minimum Gasteiger partial charge on any atom is -0.478 e. The Labute approximate surface area is 117 Å². The van der Waals surface area contributed by atoms with Crippen LogP contribution in [-0.4, -0.2) is 32.3 Å². The third-order valence-corrected chi connectivity index (χ3v) is 3.24. The second-order valence-electron chi connectivity index (χ2n) is 3.73. The smallest absolute Gasteiger partial charge is 0.413 e. The van der Waals surface area contributed by atoms with E-state index in [1.807, 2.05) is 0 Å². The Hall–Kier alpha value is -1.91. The molecule has 1 aromatic rings. The number of carboxylic acids is 1. The highest BCUT2D eigenvalue weighted by atomic mass is 32.2. The SMILES string of the molecule is O=C(O)/C=C/c1ccc(S(=O)(=O)NOCC(F)(F)F)cc1. The first kappa shape index (κ1) is 17.1. The van der Waals surface area contributed by atoms with Gasteiger partial charge in [0.2, 0.25) is 0 Å². The van der Waals surface area contributed by atoms with E-state index in [-0.39, 0.29) is 4.90 Å². The molecule has 0 radical (unpaired) electrons. The van der Waals surface area contributed by atoms with Crippen LogP contribution in [0.1, 0.15) is 5.56 Å². The van der Waals surface area contributed by atoms with E-state index in [9.17, 15) is 26.4 Å². The highest BCUT2D eigenvalue weighted by molar-refractivity contribution is 7.89. The summed E-state index contributed by atoms with van der Waals surface area (Å²) in [6, 6.07) is 4.77. The lowest BCUT2D eigenvalue weighted by Crippen LogP contribution is -2.29. The lowest BCUT2D eigenvalue weighted by Gasteiger charge is -2.09. The van der Waals surface area contributed by atoms with Gasteiger partial charge in [-0.05, 0) is 23.8 Å². The maximum absolute atomic E-state index is 11.8. The Bertz CT molecular complexity index is 622. The molecule has 0 atom stereocenters. The first-order valence-electron chi connectivity index (χ1n) is 5.31. The molecule has 1 rings (SSSR count). The van der Waals surface area contributed by atoms with Crippen molar-refractivity contribution in [3.8, 4) is 0 Å². The minimum absolute atomic E-state index is 0.322. The molecular weight excluding hydrogens is 315 g/mol. The van der Waals surface area contributed by atoms with Gasteiger partial charge < -0.3 is 5.11 Å². The summed E-state index contributed by atoms with van der Waals surface area (Å²) in [6.07, 6.45) is -2.57. The number of hydrogen-bond acceptors (Lipinski definition) is 4. The van der Waals surface area contributed by atoms with Crippen molar-refractivity contribution in [3.63, 3.8) is 0 Å². The fourth-order valence-corrected chi connectivity index (χ4v) is 1.97. The Kier molecular flexibility index (Phi) is 5.47. The fraction of sp³-hybridized carbons (Fsp3) is 0.182. The molecule has 0 fully saturated rings. The van der Waals surface area contributed by atoms with Gasteiger partial charge in [0.15, 0.2) is 6.61 Å². The molecule has 0 spiro atoms. The largest absolute Gasteiger partial charge is 0.478 e. The summed E-state index contributed by atoms with van der Waals surface area (Å²) in [6.45, 7) is -1.76. The molecule has 0 aromatic heterocycles. The molecule has 0 saturated carbocycles. The standard InChI is InChI=1S/C11H10F3NO5S/c12-11(13,14)7-20-15-21(18,19)9-4-1-8(2-5-9)3-6-10(16)17/h1-6,15H,7H2,(H,16,17)/b6-3+. The molecule has 2 N–H and O–H groups in total. The second-order valence-corrected chi connectivity index (χ2v) is 5.38. The van der Waals surface area contributed by atoms with Crippen molar-refractivity contribution in [1.29, 1.82) is 0 Å². The molecule has 0 amide bonds. The highest BCUT2D eigenvalue weighted by Crippen LogP contribution is 2.15. The summed E-state index contributed by atoms with van der Waals surface area (Å²) < 4.78 is 58.6. The first-order chi connectivity index (χ1) is 9.60. The number of halogens is 3. The van der Waals surface area contributed by atoms with Gasteiger partial charge in [-0.3, -0.25) is 4.84 Å². The third-order valence-electron chi connectivity index (χ3n) is 2.01. The van der Waals surface area contributed by atoms with Crippen molar-refractivity contribution >= 4 is 22.1 Å². The van der Waals surface area contributed by atoms with Crippen molar-refractivity contribution in [2.75, 3.05) is 6.61 Å². The topological polar surface area (TPSA) is 92.7 Å². The lowest BCUT2D eigenvalue weighted by atomic mass is 10.2. The molecular formula is C11H10F3NO5S. The summed E-state index contributed by atoms with van der Waals surface area (Å²) in [7, 11) is -4.24. The van der Waals surface area contributed by atoms with Gasteiger partial charge in [-0.2, -0.15) is 13.2 Å². The van der Waals surface area contributed by atoms with Crippen molar-refractivity contribution in [2.24, 2.45) is 0 Å². The van der Waals surface area contributed by atoms with Gasteiger partial charge in [0.05, 0.1) is 4.90 Å². The van der Waals surface area contributed by atoms with E-state index in [2.05, 4.69) is 4.84 Å². The summed E-state index contributed by atoms with van der Waals surface area (Å²) in [5, 5.41) is 8.42. The van der Waals surface area contributed by atoms with Crippen LogP contribution in [0, 0.1) is 0 Å². The van der Waals surface area contributed by atoms with Gasteiger partial charge in [0, 0.05) is 6.08 Å². The zero-order chi connectivity index (χ0) is 16.1. The molecule has 1 aromatic carbocycles. The van der Waals surface area contributed by atoms with Gasteiger partial charge in [-0.25, -0.2) is 13.2 Å². The van der Waals surface area contributed by atoms with E-state index in [0.717, 1.165) is 18.2 Å². The summed E-state index contributed by atoms with van der Waals surface area (Å²) in [4.78, 5) is 15.2. The number of rotatable bonds is 6. The van der Waals surface area contributed by atoms with Crippen LogP contribution in [0.2, 0.25) is 0 Å². The molecule has 0 aliphatic carbocycles. The van der Waals surface area contributed by atoms with Crippen LogP contribution in [0.4, 0.5) is 13.2 Å². The van der Waals surface area contributed by atoms with Gasteiger partial charge >= 0.3 is 12.1 Å². The normalized spacial score (nSPS) is 12.7.